The molecule has 44 heavy (non-hydrogen) atoms. The number of amides is 1. The van der Waals surface area contributed by atoms with Crippen LogP contribution in [0.1, 0.15) is 51.4 Å². The molecule has 6 rings (SSSR count). The molecule has 2 heterocycles. The average molecular weight is 629 g/mol. The molecular weight excluding hydrogens is 597 g/mol. The second-order valence-corrected chi connectivity index (χ2v) is 11.4. The quantitative estimate of drug-likeness (QED) is 0.176. The fourth-order valence-corrected chi connectivity index (χ4v) is 5.64. The van der Waals surface area contributed by atoms with Gasteiger partial charge in [0, 0.05) is 24.1 Å². The maximum atomic E-state index is 12.5. The minimum absolute atomic E-state index is 0.0204. The Labute approximate surface area is 266 Å². The van der Waals surface area contributed by atoms with E-state index in [1.807, 2.05) is 78.9 Å². The van der Waals surface area contributed by atoms with E-state index < -0.39 is 6.29 Å². The van der Waals surface area contributed by atoms with Crippen molar-refractivity contribution in [1.29, 1.82) is 0 Å². The first-order chi connectivity index (χ1) is 21.5. The van der Waals surface area contributed by atoms with Crippen LogP contribution in [0.25, 0.3) is 11.1 Å². The van der Waals surface area contributed by atoms with E-state index in [-0.39, 0.29) is 29.9 Å². The molecule has 0 saturated carbocycles. The lowest BCUT2D eigenvalue weighted by molar-refractivity contribution is -0.252. The molecule has 1 amide bonds. The number of hydrogen-bond acceptors (Lipinski definition) is 5. The van der Waals surface area contributed by atoms with Crippen molar-refractivity contribution in [3.63, 3.8) is 0 Å². The summed E-state index contributed by atoms with van der Waals surface area (Å²) in [6, 6.07) is 33.2. The minimum atomic E-state index is -0.637. The highest BCUT2D eigenvalue weighted by Crippen LogP contribution is 2.39. The molecule has 1 aliphatic rings. The van der Waals surface area contributed by atoms with Gasteiger partial charge in [0.2, 0.25) is 0 Å². The number of nitrogens with zero attached hydrogens (tertiary/aromatic N) is 2. The van der Waals surface area contributed by atoms with Crippen molar-refractivity contribution in [2.75, 3.05) is 0 Å². The summed E-state index contributed by atoms with van der Waals surface area (Å²) in [5.74, 6) is -0.112. The van der Waals surface area contributed by atoms with Crippen molar-refractivity contribution in [2.45, 2.75) is 44.6 Å². The molecule has 0 radical (unpaired) electrons. The molecule has 2 N–H and O–H groups in total. The zero-order valence-corrected chi connectivity index (χ0v) is 25.3. The summed E-state index contributed by atoms with van der Waals surface area (Å²) >= 11 is 12.5. The van der Waals surface area contributed by atoms with Crippen LogP contribution in [0, 0.1) is 0 Å². The second-order valence-electron chi connectivity index (χ2n) is 10.7. The van der Waals surface area contributed by atoms with Crippen molar-refractivity contribution in [3.8, 4) is 11.1 Å². The summed E-state index contributed by atoms with van der Waals surface area (Å²) in [6.07, 6.45) is 1.09. The van der Waals surface area contributed by atoms with Crippen LogP contribution in [0.15, 0.2) is 109 Å². The van der Waals surface area contributed by atoms with E-state index in [9.17, 15) is 9.90 Å². The lowest BCUT2D eigenvalue weighted by atomic mass is 9.98. The van der Waals surface area contributed by atoms with Gasteiger partial charge >= 0.3 is 0 Å². The van der Waals surface area contributed by atoms with E-state index >= 15 is 0 Å². The molecule has 0 spiro atoms. The van der Waals surface area contributed by atoms with E-state index in [0.717, 1.165) is 33.4 Å². The molecule has 1 aliphatic heterocycles. The van der Waals surface area contributed by atoms with Crippen molar-refractivity contribution in [3.05, 3.63) is 148 Å². The Hall–Kier alpha value is -3.98. The Balaban J connectivity index is 1.22. The molecule has 4 aromatic carbocycles. The standard InChI is InChI=1S/C35H31Cl2N3O4/c36-32-33(37)40(22-39-32)20-30-18-31(25-14-12-23(21-41)13-15-25)44-35(43-30)29-11-5-10-28(17-29)27-9-4-6-24(16-27)19-38-34(42)26-7-2-1-3-8-26/h1-17,22,30-31,35,41H,18-21H2,(H,38,42)/t30-,31+,35+/m1/s1. The van der Waals surface area contributed by atoms with Gasteiger partial charge in [0.1, 0.15) is 5.15 Å². The Morgan fingerprint density at radius 1 is 0.864 bits per heavy atom. The molecule has 224 valence electrons. The van der Waals surface area contributed by atoms with Crippen LogP contribution in [0.3, 0.4) is 0 Å². The zero-order valence-electron chi connectivity index (χ0n) is 23.8. The van der Waals surface area contributed by atoms with E-state index in [4.69, 9.17) is 32.7 Å². The highest BCUT2D eigenvalue weighted by molar-refractivity contribution is 6.40. The summed E-state index contributed by atoms with van der Waals surface area (Å²) in [5, 5.41) is 13.1. The molecular formula is C35H31Cl2N3O4. The number of benzene rings is 4. The second kappa shape index (κ2) is 13.8. The Morgan fingerprint density at radius 2 is 1.61 bits per heavy atom. The third kappa shape index (κ3) is 7.04. The largest absolute Gasteiger partial charge is 0.392 e. The lowest BCUT2D eigenvalue weighted by Crippen LogP contribution is -2.32. The number of carbonyl (C=O) groups excluding carboxylic acids is 1. The number of aliphatic hydroxyl groups is 1. The molecule has 0 unspecified atom stereocenters. The van der Waals surface area contributed by atoms with Crippen LogP contribution in [0.5, 0.6) is 0 Å². The van der Waals surface area contributed by atoms with Gasteiger partial charge in [-0.15, -0.1) is 0 Å². The monoisotopic (exact) mass is 627 g/mol. The Bertz CT molecular complexity index is 1730. The fraction of sp³-hybridized carbons (Fsp3) is 0.200. The average Bonchev–Trinajstić information content (AvgIpc) is 3.39. The van der Waals surface area contributed by atoms with Crippen LogP contribution >= 0.6 is 23.2 Å². The lowest BCUT2D eigenvalue weighted by Gasteiger charge is -2.36. The first-order valence-corrected chi connectivity index (χ1v) is 15.1. The summed E-state index contributed by atoms with van der Waals surface area (Å²) < 4.78 is 14.8. The van der Waals surface area contributed by atoms with Gasteiger partial charge in [-0.2, -0.15) is 0 Å². The molecule has 1 saturated heterocycles. The smallest absolute Gasteiger partial charge is 0.251 e. The number of aromatic nitrogens is 2. The first kappa shape index (κ1) is 30.1. The topological polar surface area (TPSA) is 85.6 Å². The maximum Gasteiger partial charge on any atom is 0.251 e. The molecule has 7 nitrogen and oxygen atoms in total. The molecule has 9 heteroatoms. The van der Waals surface area contributed by atoms with Crippen molar-refractivity contribution >= 4 is 29.1 Å². The maximum absolute atomic E-state index is 12.5. The number of aliphatic hydroxyl groups excluding tert-OH is 1. The van der Waals surface area contributed by atoms with Crippen LogP contribution in [-0.4, -0.2) is 26.7 Å². The van der Waals surface area contributed by atoms with E-state index in [2.05, 4.69) is 22.4 Å². The Kier molecular flexibility index (Phi) is 9.40. The van der Waals surface area contributed by atoms with Gasteiger partial charge in [0.15, 0.2) is 11.4 Å². The number of ether oxygens (including phenoxy) is 2. The molecule has 1 aromatic heterocycles. The molecule has 1 fully saturated rings. The normalized spacial score (nSPS) is 18.2. The number of hydrogen-bond donors (Lipinski definition) is 2. The van der Waals surface area contributed by atoms with Gasteiger partial charge in [-0.05, 0) is 52.1 Å². The van der Waals surface area contributed by atoms with Gasteiger partial charge < -0.3 is 24.5 Å². The van der Waals surface area contributed by atoms with Gasteiger partial charge in [-0.3, -0.25) is 4.79 Å². The SMILES string of the molecule is O=C(NCc1cccc(-c2cccc([C@H]3O[C@@H](Cn4cnc(Cl)c4Cl)C[C@@H](c4ccc(CO)cc4)O3)c2)c1)c1ccccc1. The zero-order chi connectivity index (χ0) is 30.5. The number of nitrogens with one attached hydrogen (secondary N) is 1. The van der Waals surface area contributed by atoms with Gasteiger partial charge in [-0.1, -0.05) is 102 Å². The van der Waals surface area contributed by atoms with E-state index in [1.54, 1.807) is 23.0 Å². The predicted molar refractivity (Wildman–Crippen MR) is 170 cm³/mol. The summed E-state index contributed by atoms with van der Waals surface area (Å²) in [6.45, 7) is 0.850. The predicted octanol–water partition coefficient (Wildman–Crippen LogP) is 7.52. The molecule has 0 bridgehead atoms. The molecule has 0 aliphatic carbocycles. The van der Waals surface area contributed by atoms with Crippen LogP contribution in [0.2, 0.25) is 10.3 Å². The van der Waals surface area contributed by atoms with Crippen molar-refractivity contribution < 1.29 is 19.4 Å². The molecule has 3 atom stereocenters. The van der Waals surface area contributed by atoms with Crippen LogP contribution in [0.4, 0.5) is 0 Å². The van der Waals surface area contributed by atoms with Crippen molar-refractivity contribution in [2.24, 2.45) is 0 Å². The highest BCUT2D eigenvalue weighted by atomic mass is 35.5. The number of halogens is 2. The highest BCUT2D eigenvalue weighted by Gasteiger charge is 2.33. The van der Waals surface area contributed by atoms with Crippen LogP contribution < -0.4 is 5.32 Å². The summed E-state index contributed by atoms with van der Waals surface area (Å²) in [4.78, 5) is 16.7. The fourth-order valence-electron chi connectivity index (χ4n) is 5.32. The third-order valence-electron chi connectivity index (χ3n) is 7.66. The van der Waals surface area contributed by atoms with Crippen LogP contribution in [-0.2, 0) is 29.2 Å². The number of rotatable bonds is 9. The minimum Gasteiger partial charge on any atom is -0.392 e. The summed E-state index contributed by atoms with van der Waals surface area (Å²) in [5.41, 5.74) is 6.34. The first-order valence-electron chi connectivity index (χ1n) is 14.4. The van der Waals surface area contributed by atoms with Crippen molar-refractivity contribution in [1.82, 2.24) is 14.9 Å². The number of imidazole rings is 1. The summed E-state index contributed by atoms with van der Waals surface area (Å²) in [7, 11) is 0. The Morgan fingerprint density at radius 3 is 2.34 bits per heavy atom. The van der Waals surface area contributed by atoms with Gasteiger partial charge in [-0.25, -0.2) is 4.98 Å². The van der Waals surface area contributed by atoms with E-state index in [0.29, 0.717) is 30.2 Å². The number of carbonyl (C=O) groups is 1. The van der Waals surface area contributed by atoms with Gasteiger partial charge in [0.05, 0.1) is 31.7 Å². The van der Waals surface area contributed by atoms with E-state index in [1.165, 1.54) is 0 Å². The molecule has 5 aromatic rings. The van der Waals surface area contributed by atoms with Gasteiger partial charge in [0.25, 0.3) is 5.91 Å². The third-order valence-corrected chi connectivity index (χ3v) is 8.43.